The summed E-state index contributed by atoms with van der Waals surface area (Å²) >= 11 is 0. The van der Waals surface area contributed by atoms with Crippen molar-refractivity contribution in [3.63, 3.8) is 0 Å². The third kappa shape index (κ3) is 5.90. The van der Waals surface area contributed by atoms with Gasteiger partial charge in [-0.1, -0.05) is 18.9 Å². The molecule has 0 saturated carbocycles. The number of aryl methyl sites for hydroxylation is 1. The maximum Gasteiger partial charge on any atom is 0.330 e. The summed E-state index contributed by atoms with van der Waals surface area (Å²) in [6.07, 6.45) is 12.8. The lowest BCUT2D eigenvalue weighted by molar-refractivity contribution is -0.132. The van der Waals surface area contributed by atoms with Gasteiger partial charge in [0, 0.05) is 24.5 Å². The van der Waals surface area contributed by atoms with Crippen molar-refractivity contribution in [3.8, 4) is 0 Å². The number of aliphatic carboxylic acids is 1. The van der Waals surface area contributed by atoms with Crippen molar-refractivity contribution in [1.29, 1.82) is 0 Å². The molecule has 0 fully saturated rings. The summed E-state index contributed by atoms with van der Waals surface area (Å²) < 4.78 is 2.08. The monoisotopic (exact) mass is 236 g/mol. The Kier molecular flexibility index (Phi) is 6.07. The fourth-order valence-corrected chi connectivity index (χ4v) is 1.62. The van der Waals surface area contributed by atoms with Crippen molar-refractivity contribution in [2.24, 2.45) is 0 Å². The first-order valence-electron chi connectivity index (χ1n) is 6.06. The van der Waals surface area contributed by atoms with E-state index in [4.69, 9.17) is 5.11 Å². The number of imidazole rings is 1. The van der Waals surface area contributed by atoms with Crippen molar-refractivity contribution in [2.75, 3.05) is 0 Å². The molecule has 0 spiro atoms. The van der Waals surface area contributed by atoms with E-state index in [1.54, 1.807) is 19.2 Å². The minimum atomic E-state index is -0.815. The highest BCUT2D eigenvalue weighted by Gasteiger charge is 1.97. The minimum absolute atomic E-state index is 0.448. The Morgan fingerprint density at radius 2 is 2.12 bits per heavy atom. The van der Waals surface area contributed by atoms with Crippen molar-refractivity contribution in [2.45, 2.75) is 45.6 Å². The summed E-state index contributed by atoms with van der Waals surface area (Å²) in [6, 6.07) is 0. The van der Waals surface area contributed by atoms with E-state index in [1.165, 1.54) is 6.42 Å². The Hall–Kier alpha value is -1.58. The molecule has 1 rings (SSSR count). The highest BCUT2D eigenvalue weighted by molar-refractivity contribution is 5.85. The van der Waals surface area contributed by atoms with Crippen LogP contribution in [0.5, 0.6) is 0 Å². The van der Waals surface area contributed by atoms with Gasteiger partial charge >= 0.3 is 5.97 Å². The molecule has 1 aromatic heterocycles. The number of hydrogen-bond acceptors (Lipinski definition) is 2. The second-order valence-electron chi connectivity index (χ2n) is 4.20. The van der Waals surface area contributed by atoms with Crippen LogP contribution in [0.4, 0.5) is 0 Å². The molecule has 0 saturated heterocycles. The molecule has 1 heterocycles. The van der Waals surface area contributed by atoms with Gasteiger partial charge in [0.05, 0.1) is 6.33 Å². The Morgan fingerprint density at radius 3 is 2.76 bits per heavy atom. The Balaban J connectivity index is 1.98. The van der Waals surface area contributed by atoms with Crippen LogP contribution in [-0.2, 0) is 11.3 Å². The Bertz CT molecular complexity index is 356. The SMILES string of the molecule is C/C(=C\CCCCCCn1ccnc1)C(=O)O. The molecule has 94 valence electrons. The van der Waals surface area contributed by atoms with E-state index in [2.05, 4.69) is 9.55 Å². The standard InChI is InChI=1S/C13H20N2O2/c1-12(13(16)17)7-5-3-2-4-6-9-15-10-8-14-11-15/h7-8,10-11H,2-6,9H2,1H3,(H,16,17)/b12-7+. The van der Waals surface area contributed by atoms with Gasteiger partial charge < -0.3 is 9.67 Å². The third-order valence-electron chi connectivity index (χ3n) is 2.72. The number of allylic oxidation sites excluding steroid dienone is 1. The zero-order valence-corrected chi connectivity index (χ0v) is 10.3. The number of unbranched alkanes of at least 4 members (excludes halogenated alkanes) is 4. The van der Waals surface area contributed by atoms with Crippen LogP contribution in [0.3, 0.4) is 0 Å². The average molecular weight is 236 g/mol. The molecule has 0 unspecified atom stereocenters. The quantitative estimate of drug-likeness (QED) is 0.557. The van der Waals surface area contributed by atoms with E-state index in [0.29, 0.717) is 5.57 Å². The molecule has 1 aromatic rings. The molecule has 0 radical (unpaired) electrons. The molecule has 1 N–H and O–H groups in total. The molecular formula is C13H20N2O2. The number of carbonyl (C=O) groups is 1. The van der Waals surface area contributed by atoms with Crippen LogP contribution < -0.4 is 0 Å². The summed E-state index contributed by atoms with van der Waals surface area (Å²) in [6.45, 7) is 2.66. The molecule has 0 atom stereocenters. The van der Waals surface area contributed by atoms with Crippen molar-refractivity contribution in [3.05, 3.63) is 30.4 Å². The summed E-state index contributed by atoms with van der Waals surface area (Å²) in [7, 11) is 0. The summed E-state index contributed by atoms with van der Waals surface area (Å²) in [5.74, 6) is -0.815. The van der Waals surface area contributed by atoms with Crippen LogP contribution in [0.15, 0.2) is 30.4 Å². The summed E-state index contributed by atoms with van der Waals surface area (Å²) in [5, 5.41) is 8.65. The summed E-state index contributed by atoms with van der Waals surface area (Å²) in [4.78, 5) is 14.5. The number of aromatic nitrogens is 2. The van der Waals surface area contributed by atoms with E-state index < -0.39 is 5.97 Å². The molecular weight excluding hydrogens is 216 g/mol. The van der Waals surface area contributed by atoms with E-state index in [-0.39, 0.29) is 0 Å². The molecule has 0 aliphatic rings. The van der Waals surface area contributed by atoms with Gasteiger partial charge in [0.1, 0.15) is 0 Å². The Morgan fingerprint density at radius 1 is 1.35 bits per heavy atom. The lowest BCUT2D eigenvalue weighted by atomic mass is 10.1. The van der Waals surface area contributed by atoms with Gasteiger partial charge in [-0.2, -0.15) is 0 Å². The highest BCUT2D eigenvalue weighted by atomic mass is 16.4. The fraction of sp³-hybridized carbons (Fsp3) is 0.538. The van der Waals surface area contributed by atoms with Crippen molar-refractivity contribution < 1.29 is 9.90 Å². The molecule has 0 aliphatic carbocycles. The van der Waals surface area contributed by atoms with Gasteiger partial charge in [-0.15, -0.1) is 0 Å². The number of hydrogen-bond donors (Lipinski definition) is 1. The zero-order chi connectivity index (χ0) is 12.5. The first kappa shape index (κ1) is 13.5. The maximum atomic E-state index is 10.5. The molecule has 0 aromatic carbocycles. The number of carboxylic acids is 1. The Labute approximate surface area is 102 Å². The van der Waals surface area contributed by atoms with E-state index in [1.807, 2.05) is 12.5 Å². The number of carboxylic acid groups (broad SMARTS) is 1. The first-order chi connectivity index (χ1) is 8.20. The average Bonchev–Trinajstić information content (AvgIpc) is 2.80. The first-order valence-corrected chi connectivity index (χ1v) is 6.06. The molecule has 4 nitrogen and oxygen atoms in total. The molecule has 0 aliphatic heterocycles. The van der Waals surface area contributed by atoms with Gasteiger partial charge in [0.2, 0.25) is 0 Å². The fourth-order valence-electron chi connectivity index (χ4n) is 1.62. The van der Waals surface area contributed by atoms with Crippen molar-refractivity contribution >= 4 is 5.97 Å². The van der Waals surface area contributed by atoms with Gasteiger partial charge in [-0.25, -0.2) is 9.78 Å². The maximum absolute atomic E-state index is 10.5. The zero-order valence-electron chi connectivity index (χ0n) is 10.3. The smallest absolute Gasteiger partial charge is 0.330 e. The number of rotatable bonds is 8. The van der Waals surface area contributed by atoms with Crippen LogP contribution >= 0.6 is 0 Å². The van der Waals surface area contributed by atoms with Gasteiger partial charge in [0.25, 0.3) is 0 Å². The van der Waals surface area contributed by atoms with E-state index in [9.17, 15) is 4.79 Å². The van der Waals surface area contributed by atoms with E-state index >= 15 is 0 Å². The number of nitrogens with zero attached hydrogens (tertiary/aromatic N) is 2. The summed E-state index contributed by atoms with van der Waals surface area (Å²) in [5.41, 5.74) is 0.448. The molecule has 0 bridgehead atoms. The van der Waals surface area contributed by atoms with Crippen LogP contribution in [-0.4, -0.2) is 20.6 Å². The van der Waals surface area contributed by atoms with Crippen LogP contribution in [0.1, 0.15) is 39.0 Å². The predicted octanol–water partition coefficient (Wildman–Crippen LogP) is 2.86. The van der Waals surface area contributed by atoms with Gasteiger partial charge in [-0.3, -0.25) is 0 Å². The van der Waals surface area contributed by atoms with E-state index in [0.717, 1.165) is 32.2 Å². The van der Waals surface area contributed by atoms with Crippen LogP contribution in [0, 0.1) is 0 Å². The lowest BCUT2D eigenvalue weighted by Gasteiger charge is -2.01. The molecule has 4 heteroatoms. The largest absolute Gasteiger partial charge is 0.478 e. The minimum Gasteiger partial charge on any atom is -0.478 e. The second kappa shape index (κ2) is 7.65. The van der Waals surface area contributed by atoms with Crippen LogP contribution in [0.2, 0.25) is 0 Å². The molecule has 0 amide bonds. The van der Waals surface area contributed by atoms with Crippen LogP contribution in [0.25, 0.3) is 0 Å². The highest BCUT2D eigenvalue weighted by Crippen LogP contribution is 2.06. The normalized spacial score (nSPS) is 11.7. The third-order valence-corrected chi connectivity index (χ3v) is 2.72. The van der Waals surface area contributed by atoms with Crippen molar-refractivity contribution in [1.82, 2.24) is 9.55 Å². The second-order valence-corrected chi connectivity index (χ2v) is 4.20. The lowest BCUT2D eigenvalue weighted by Crippen LogP contribution is -1.96. The molecule has 17 heavy (non-hydrogen) atoms. The topological polar surface area (TPSA) is 55.1 Å². The van der Waals surface area contributed by atoms with Gasteiger partial charge in [-0.05, 0) is 26.2 Å². The predicted molar refractivity (Wildman–Crippen MR) is 66.7 cm³/mol. The van der Waals surface area contributed by atoms with Gasteiger partial charge in [0.15, 0.2) is 0 Å².